The third kappa shape index (κ3) is 4.42. The zero-order chi connectivity index (χ0) is 14.4. The molecular weight excluding hydrogens is 270 g/mol. The van der Waals surface area contributed by atoms with Crippen LogP contribution in [0.3, 0.4) is 0 Å². The van der Waals surface area contributed by atoms with Gasteiger partial charge < -0.3 is 10.3 Å². The minimum absolute atomic E-state index is 0.109. The van der Waals surface area contributed by atoms with Gasteiger partial charge in [-0.25, -0.2) is 4.98 Å². The van der Waals surface area contributed by atoms with E-state index in [0.717, 1.165) is 18.1 Å². The van der Waals surface area contributed by atoms with Crippen molar-refractivity contribution in [2.45, 2.75) is 24.7 Å². The van der Waals surface area contributed by atoms with Crippen LogP contribution in [0.1, 0.15) is 25.6 Å². The molecule has 0 bridgehead atoms. The predicted octanol–water partition coefficient (Wildman–Crippen LogP) is 3.10. The molecule has 0 amide bonds. The van der Waals surface area contributed by atoms with E-state index in [1.54, 1.807) is 11.8 Å². The van der Waals surface area contributed by atoms with E-state index >= 15 is 0 Å². The summed E-state index contributed by atoms with van der Waals surface area (Å²) < 4.78 is 0. The highest BCUT2D eigenvalue weighted by atomic mass is 32.2. The molecule has 106 valence electrons. The molecule has 0 aliphatic carbocycles. The fraction of sp³-hybridized carbons (Fsp3) is 0.333. The molecule has 20 heavy (non-hydrogen) atoms. The zero-order valence-corrected chi connectivity index (χ0v) is 12.5. The average molecular weight is 289 g/mol. The first kappa shape index (κ1) is 14.7. The van der Waals surface area contributed by atoms with E-state index in [0.29, 0.717) is 5.82 Å². The Kier molecular flexibility index (Phi) is 5.24. The van der Waals surface area contributed by atoms with Crippen molar-refractivity contribution < 1.29 is 0 Å². The summed E-state index contributed by atoms with van der Waals surface area (Å²) >= 11 is 1.78. The Morgan fingerprint density at radius 2 is 2.05 bits per heavy atom. The second kappa shape index (κ2) is 7.14. The quantitative estimate of drug-likeness (QED) is 0.634. The van der Waals surface area contributed by atoms with Crippen LogP contribution in [0.5, 0.6) is 0 Å². The Morgan fingerprint density at radius 3 is 2.75 bits per heavy atom. The van der Waals surface area contributed by atoms with E-state index in [9.17, 15) is 4.79 Å². The molecule has 5 heteroatoms. The van der Waals surface area contributed by atoms with Gasteiger partial charge in [-0.15, -0.1) is 11.8 Å². The highest BCUT2D eigenvalue weighted by Gasteiger charge is 2.04. The molecule has 0 fully saturated rings. The van der Waals surface area contributed by atoms with Gasteiger partial charge in [-0.05, 0) is 12.1 Å². The van der Waals surface area contributed by atoms with Gasteiger partial charge >= 0.3 is 0 Å². The van der Waals surface area contributed by atoms with E-state index in [1.165, 1.54) is 11.0 Å². The fourth-order valence-corrected chi connectivity index (χ4v) is 2.49. The van der Waals surface area contributed by atoms with Crippen molar-refractivity contribution in [3.63, 3.8) is 0 Å². The first-order valence-electron chi connectivity index (χ1n) is 6.68. The lowest BCUT2D eigenvalue weighted by Gasteiger charge is -2.08. The maximum Gasteiger partial charge on any atom is 0.252 e. The molecule has 1 aromatic carbocycles. The summed E-state index contributed by atoms with van der Waals surface area (Å²) in [7, 11) is 0. The van der Waals surface area contributed by atoms with Gasteiger partial charge in [0.1, 0.15) is 11.6 Å². The van der Waals surface area contributed by atoms with Crippen molar-refractivity contribution in [2.24, 2.45) is 0 Å². The Morgan fingerprint density at radius 1 is 1.30 bits per heavy atom. The molecule has 1 heterocycles. The number of benzene rings is 1. The summed E-state index contributed by atoms with van der Waals surface area (Å²) in [4.78, 5) is 19.9. The third-order valence-electron chi connectivity index (χ3n) is 2.73. The van der Waals surface area contributed by atoms with Gasteiger partial charge in [0, 0.05) is 29.2 Å². The summed E-state index contributed by atoms with van der Waals surface area (Å²) in [6.07, 6.45) is 0. The standard InChI is InChI=1S/C15H19N3OS/c1-11(2)15-17-13(10-14(19)18-15)16-8-9-20-12-6-4-3-5-7-12/h3-7,10-11H,8-9H2,1-2H3,(H2,16,17,18,19). The van der Waals surface area contributed by atoms with Crippen LogP contribution in [0.25, 0.3) is 0 Å². The number of nitrogens with one attached hydrogen (secondary N) is 2. The van der Waals surface area contributed by atoms with Gasteiger partial charge in [-0.1, -0.05) is 32.0 Å². The van der Waals surface area contributed by atoms with Crippen molar-refractivity contribution in [1.29, 1.82) is 0 Å². The van der Waals surface area contributed by atoms with Crippen LogP contribution in [0, 0.1) is 0 Å². The lowest BCUT2D eigenvalue weighted by atomic mass is 10.2. The van der Waals surface area contributed by atoms with Gasteiger partial charge in [0.2, 0.25) is 0 Å². The van der Waals surface area contributed by atoms with Crippen LogP contribution in [0.4, 0.5) is 5.82 Å². The third-order valence-corrected chi connectivity index (χ3v) is 3.74. The van der Waals surface area contributed by atoms with Crippen molar-refractivity contribution >= 4 is 17.6 Å². The van der Waals surface area contributed by atoms with Crippen LogP contribution in [-0.4, -0.2) is 22.3 Å². The molecule has 0 unspecified atom stereocenters. The number of anilines is 1. The molecule has 0 aliphatic heterocycles. The Hall–Kier alpha value is -1.75. The van der Waals surface area contributed by atoms with Crippen molar-refractivity contribution in [3.05, 3.63) is 52.6 Å². The number of hydrogen-bond acceptors (Lipinski definition) is 4. The maximum absolute atomic E-state index is 11.5. The highest BCUT2D eigenvalue weighted by molar-refractivity contribution is 7.99. The van der Waals surface area contributed by atoms with E-state index in [4.69, 9.17) is 0 Å². The smallest absolute Gasteiger partial charge is 0.252 e. The minimum atomic E-state index is -0.109. The summed E-state index contributed by atoms with van der Waals surface area (Å²) in [5.41, 5.74) is -0.109. The summed E-state index contributed by atoms with van der Waals surface area (Å²) in [6, 6.07) is 11.8. The maximum atomic E-state index is 11.5. The van der Waals surface area contributed by atoms with Gasteiger partial charge in [0.25, 0.3) is 5.56 Å². The number of H-pyrrole nitrogens is 1. The normalized spacial score (nSPS) is 10.8. The number of thioether (sulfide) groups is 1. The van der Waals surface area contributed by atoms with Crippen LogP contribution in [0.2, 0.25) is 0 Å². The lowest BCUT2D eigenvalue weighted by molar-refractivity contribution is 0.767. The molecule has 2 N–H and O–H groups in total. The molecule has 0 atom stereocenters. The summed E-state index contributed by atoms with van der Waals surface area (Å²) in [5, 5.41) is 3.20. The predicted molar refractivity (Wildman–Crippen MR) is 84.6 cm³/mol. The molecule has 0 saturated carbocycles. The first-order chi connectivity index (χ1) is 9.65. The first-order valence-corrected chi connectivity index (χ1v) is 7.66. The SMILES string of the molecule is CC(C)c1nc(NCCSc2ccccc2)cc(=O)[nH]1. The van der Waals surface area contributed by atoms with Gasteiger partial charge in [-0.2, -0.15) is 0 Å². The molecule has 4 nitrogen and oxygen atoms in total. The zero-order valence-electron chi connectivity index (χ0n) is 11.7. The molecule has 0 aliphatic rings. The number of aromatic amines is 1. The summed E-state index contributed by atoms with van der Waals surface area (Å²) in [6.45, 7) is 4.79. The fourth-order valence-electron chi connectivity index (χ4n) is 1.71. The lowest BCUT2D eigenvalue weighted by Crippen LogP contribution is -2.15. The number of hydrogen-bond donors (Lipinski definition) is 2. The van der Waals surface area contributed by atoms with E-state index in [1.807, 2.05) is 32.0 Å². The monoisotopic (exact) mass is 289 g/mol. The molecule has 2 aromatic rings. The highest BCUT2D eigenvalue weighted by Crippen LogP contribution is 2.16. The molecule has 1 aromatic heterocycles. The number of nitrogens with zero attached hydrogens (tertiary/aromatic N) is 1. The van der Waals surface area contributed by atoms with E-state index < -0.39 is 0 Å². The molecule has 0 spiro atoms. The van der Waals surface area contributed by atoms with Crippen LogP contribution >= 0.6 is 11.8 Å². The van der Waals surface area contributed by atoms with Crippen molar-refractivity contribution in [1.82, 2.24) is 9.97 Å². The number of aromatic nitrogens is 2. The second-order valence-electron chi connectivity index (χ2n) is 4.76. The summed E-state index contributed by atoms with van der Waals surface area (Å²) in [5.74, 6) is 2.50. The van der Waals surface area contributed by atoms with Crippen LogP contribution in [-0.2, 0) is 0 Å². The Labute approximate surface area is 123 Å². The molecule has 0 saturated heterocycles. The van der Waals surface area contributed by atoms with Gasteiger partial charge in [0.15, 0.2) is 0 Å². The second-order valence-corrected chi connectivity index (χ2v) is 5.93. The van der Waals surface area contributed by atoms with Gasteiger partial charge in [-0.3, -0.25) is 4.79 Å². The van der Waals surface area contributed by atoms with E-state index in [2.05, 4.69) is 27.4 Å². The number of rotatable bonds is 6. The Bertz CT molecular complexity index is 596. The van der Waals surface area contributed by atoms with Crippen LogP contribution < -0.4 is 10.9 Å². The largest absolute Gasteiger partial charge is 0.369 e. The topological polar surface area (TPSA) is 57.8 Å². The van der Waals surface area contributed by atoms with Crippen LogP contribution in [0.15, 0.2) is 46.1 Å². The molecular formula is C15H19N3OS. The van der Waals surface area contributed by atoms with Gasteiger partial charge in [0.05, 0.1) is 0 Å². The molecule has 0 radical (unpaired) electrons. The molecule has 2 rings (SSSR count). The van der Waals surface area contributed by atoms with Crippen molar-refractivity contribution in [2.75, 3.05) is 17.6 Å². The van der Waals surface area contributed by atoms with E-state index in [-0.39, 0.29) is 11.5 Å². The minimum Gasteiger partial charge on any atom is -0.369 e. The van der Waals surface area contributed by atoms with Crippen molar-refractivity contribution in [3.8, 4) is 0 Å². The average Bonchev–Trinajstić information content (AvgIpc) is 2.44. The Balaban J connectivity index is 1.86.